The largest absolute Gasteiger partial charge is 0.361 e. The van der Waals surface area contributed by atoms with Crippen LogP contribution in [0.2, 0.25) is 0 Å². The summed E-state index contributed by atoms with van der Waals surface area (Å²) < 4.78 is 7.54. The maximum absolute atomic E-state index is 13.2. The van der Waals surface area contributed by atoms with Crippen molar-refractivity contribution < 1.29 is 9.32 Å². The molecule has 3 aromatic heterocycles. The van der Waals surface area contributed by atoms with Crippen LogP contribution >= 0.6 is 0 Å². The molecule has 0 aliphatic carbocycles. The Morgan fingerprint density at radius 1 is 1.27 bits per heavy atom. The zero-order valence-electron chi connectivity index (χ0n) is 15.0. The van der Waals surface area contributed by atoms with E-state index in [1.165, 1.54) is 0 Å². The van der Waals surface area contributed by atoms with Gasteiger partial charge in [0.05, 0.1) is 5.69 Å². The first-order valence-electron chi connectivity index (χ1n) is 8.96. The third kappa shape index (κ3) is 3.03. The minimum Gasteiger partial charge on any atom is -0.361 e. The minimum atomic E-state index is -0.224. The highest BCUT2D eigenvalue weighted by atomic mass is 16.5. The Morgan fingerprint density at radius 3 is 2.92 bits per heavy atom. The normalized spacial score (nSPS) is 16.7. The van der Waals surface area contributed by atoms with Crippen molar-refractivity contribution in [3.05, 3.63) is 71.6 Å². The zero-order valence-corrected chi connectivity index (χ0v) is 15.0. The number of carbonyl (C=O) groups is 1. The second-order valence-electron chi connectivity index (χ2n) is 7.06. The molecule has 0 saturated carbocycles. The van der Waals surface area contributed by atoms with Gasteiger partial charge in [-0.1, -0.05) is 25.1 Å². The molecule has 134 valence electrons. The van der Waals surface area contributed by atoms with Crippen LogP contribution in [0.1, 0.15) is 47.5 Å². The SMILES string of the molecule is CC(C)Cc1cc(C(=O)N2CCn3cccc3C2c2ccccn2)no1. The molecule has 26 heavy (non-hydrogen) atoms. The van der Waals surface area contributed by atoms with Gasteiger partial charge in [0, 0.05) is 43.7 Å². The van der Waals surface area contributed by atoms with Crippen LogP contribution in [0.4, 0.5) is 0 Å². The maximum atomic E-state index is 13.2. The van der Waals surface area contributed by atoms with Gasteiger partial charge in [-0.2, -0.15) is 0 Å². The Balaban J connectivity index is 1.68. The molecule has 1 aliphatic heterocycles. The van der Waals surface area contributed by atoms with Crippen LogP contribution in [-0.2, 0) is 13.0 Å². The van der Waals surface area contributed by atoms with E-state index in [-0.39, 0.29) is 11.9 Å². The van der Waals surface area contributed by atoms with Crippen LogP contribution < -0.4 is 0 Å². The minimum absolute atomic E-state index is 0.119. The number of nitrogens with zero attached hydrogens (tertiary/aromatic N) is 4. The molecular formula is C20H22N4O2. The first-order valence-corrected chi connectivity index (χ1v) is 8.96. The third-order valence-electron chi connectivity index (χ3n) is 4.65. The molecule has 4 rings (SSSR count). The lowest BCUT2D eigenvalue weighted by Crippen LogP contribution is -2.42. The molecule has 6 nitrogen and oxygen atoms in total. The Hall–Kier alpha value is -2.89. The first-order chi connectivity index (χ1) is 12.6. The first kappa shape index (κ1) is 16.6. The predicted octanol–water partition coefficient (Wildman–Crippen LogP) is 3.32. The van der Waals surface area contributed by atoms with Gasteiger partial charge in [0.15, 0.2) is 5.69 Å². The summed E-state index contributed by atoms with van der Waals surface area (Å²) in [5.74, 6) is 1.08. The summed E-state index contributed by atoms with van der Waals surface area (Å²) in [7, 11) is 0. The van der Waals surface area contributed by atoms with E-state index in [4.69, 9.17) is 4.52 Å². The molecule has 0 radical (unpaired) electrons. The average molecular weight is 350 g/mol. The van der Waals surface area contributed by atoms with Crippen molar-refractivity contribution in [1.29, 1.82) is 0 Å². The molecule has 0 bridgehead atoms. The van der Waals surface area contributed by atoms with Gasteiger partial charge in [-0.05, 0) is 30.2 Å². The standard InChI is InChI=1S/C20H22N4O2/c1-14(2)12-15-13-17(22-26-15)20(25)24-11-10-23-9-5-7-18(23)19(24)16-6-3-4-8-21-16/h3-9,13-14,19H,10-12H2,1-2H3. The average Bonchev–Trinajstić information content (AvgIpc) is 3.29. The van der Waals surface area contributed by atoms with E-state index in [0.717, 1.165) is 30.1 Å². The fourth-order valence-corrected chi connectivity index (χ4v) is 3.51. The summed E-state index contributed by atoms with van der Waals surface area (Å²) in [5.41, 5.74) is 2.28. The number of fused-ring (bicyclic) bond motifs is 1. The molecule has 1 amide bonds. The van der Waals surface area contributed by atoms with Gasteiger partial charge < -0.3 is 14.0 Å². The molecule has 4 heterocycles. The number of carbonyl (C=O) groups excluding carboxylic acids is 1. The van der Waals surface area contributed by atoms with Crippen molar-refractivity contribution >= 4 is 5.91 Å². The molecule has 6 heteroatoms. The number of hydrogen-bond donors (Lipinski definition) is 0. The number of aromatic nitrogens is 3. The van der Waals surface area contributed by atoms with Crippen LogP contribution in [0.15, 0.2) is 53.3 Å². The Morgan fingerprint density at radius 2 is 2.15 bits per heavy atom. The summed E-state index contributed by atoms with van der Waals surface area (Å²) in [6, 6.07) is 11.4. The second kappa shape index (κ2) is 6.78. The van der Waals surface area contributed by atoms with Crippen molar-refractivity contribution in [2.24, 2.45) is 5.92 Å². The van der Waals surface area contributed by atoms with E-state index in [0.29, 0.717) is 18.2 Å². The van der Waals surface area contributed by atoms with Gasteiger partial charge in [0.1, 0.15) is 11.8 Å². The lowest BCUT2D eigenvalue weighted by Gasteiger charge is -2.36. The Labute approximate surface area is 152 Å². The van der Waals surface area contributed by atoms with Gasteiger partial charge in [-0.15, -0.1) is 0 Å². The Kier molecular flexibility index (Phi) is 4.32. The summed E-state index contributed by atoms with van der Waals surface area (Å²) in [6.07, 6.45) is 4.58. The number of pyridine rings is 1. The molecule has 1 atom stereocenters. The highest BCUT2D eigenvalue weighted by Gasteiger charge is 2.34. The fourth-order valence-electron chi connectivity index (χ4n) is 3.51. The van der Waals surface area contributed by atoms with E-state index in [2.05, 4.69) is 28.6 Å². The predicted molar refractivity (Wildman–Crippen MR) is 96.6 cm³/mol. The number of amides is 1. The lowest BCUT2D eigenvalue weighted by atomic mass is 10.0. The van der Waals surface area contributed by atoms with E-state index in [9.17, 15) is 4.79 Å². The second-order valence-corrected chi connectivity index (χ2v) is 7.06. The molecular weight excluding hydrogens is 328 g/mol. The molecule has 0 aromatic carbocycles. The maximum Gasteiger partial charge on any atom is 0.276 e. The summed E-state index contributed by atoms with van der Waals surface area (Å²) in [5, 5.41) is 4.02. The van der Waals surface area contributed by atoms with Crippen LogP contribution in [0, 0.1) is 5.92 Å². The molecule has 0 saturated heterocycles. The van der Waals surface area contributed by atoms with Crippen molar-refractivity contribution in [2.45, 2.75) is 32.9 Å². The third-order valence-corrected chi connectivity index (χ3v) is 4.65. The van der Waals surface area contributed by atoms with Gasteiger partial charge in [-0.3, -0.25) is 9.78 Å². The highest BCUT2D eigenvalue weighted by molar-refractivity contribution is 5.92. The quantitative estimate of drug-likeness (QED) is 0.724. The monoisotopic (exact) mass is 350 g/mol. The number of rotatable bonds is 4. The molecule has 0 N–H and O–H groups in total. The molecule has 0 spiro atoms. The molecule has 3 aromatic rings. The van der Waals surface area contributed by atoms with E-state index in [1.807, 2.05) is 41.4 Å². The van der Waals surface area contributed by atoms with E-state index in [1.54, 1.807) is 12.3 Å². The summed E-state index contributed by atoms with van der Waals surface area (Å²) in [6.45, 7) is 5.59. The van der Waals surface area contributed by atoms with Crippen LogP contribution in [0.25, 0.3) is 0 Å². The van der Waals surface area contributed by atoms with Crippen molar-refractivity contribution in [3.8, 4) is 0 Å². The van der Waals surface area contributed by atoms with E-state index >= 15 is 0 Å². The van der Waals surface area contributed by atoms with Crippen molar-refractivity contribution in [2.75, 3.05) is 6.54 Å². The van der Waals surface area contributed by atoms with Crippen LogP contribution in [-0.4, -0.2) is 32.1 Å². The van der Waals surface area contributed by atoms with Gasteiger partial charge in [-0.25, -0.2) is 0 Å². The van der Waals surface area contributed by atoms with Crippen molar-refractivity contribution in [1.82, 2.24) is 19.6 Å². The molecule has 1 aliphatic rings. The summed E-state index contributed by atoms with van der Waals surface area (Å²) >= 11 is 0. The Bertz CT molecular complexity index is 897. The lowest BCUT2D eigenvalue weighted by molar-refractivity contribution is 0.0649. The number of hydrogen-bond acceptors (Lipinski definition) is 4. The highest BCUT2D eigenvalue weighted by Crippen LogP contribution is 2.32. The van der Waals surface area contributed by atoms with E-state index < -0.39 is 0 Å². The molecule has 1 unspecified atom stereocenters. The van der Waals surface area contributed by atoms with Crippen LogP contribution in [0.3, 0.4) is 0 Å². The van der Waals surface area contributed by atoms with Gasteiger partial charge in [0.2, 0.25) is 0 Å². The topological polar surface area (TPSA) is 64.2 Å². The van der Waals surface area contributed by atoms with Crippen molar-refractivity contribution in [3.63, 3.8) is 0 Å². The van der Waals surface area contributed by atoms with Gasteiger partial charge >= 0.3 is 0 Å². The van der Waals surface area contributed by atoms with Crippen LogP contribution in [0.5, 0.6) is 0 Å². The fraction of sp³-hybridized carbons (Fsp3) is 0.350. The van der Waals surface area contributed by atoms with Gasteiger partial charge in [0.25, 0.3) is 5.91 Å². The summed E-state index contributed by atoms with van der Waals surface area (Å²) in [4.78, 5) is 19.5. The molecule has 0 fully saturated rings. The zero-order chi connectivity index (χ0) is 18.1. The smallest absolute Gasteiger partial charge is 0.276 e.